The Balaban J connectivity index is 2.50. The van der Waals surface area contributed by atoms with Gasteiger partial charge in [0.2, 0.25) is 0 Å². The summed E-state index contributed by atoms with van der Waals surface area (Å²) < 4.78 is 1.11. The average molecular weight is 345 g/mol. The Morgan fingerprint density at radius 3 is 2.63 bits per heavy atom. The van der Waals surface area contributed by atoms with Gasteiger partial charge >= 0.3 is 0 Å². The van der Waals surface area contributed by atoms with Gasteiger partial charge in [-0.05, 0) is 44.3 Å². The third kappa shape index (κ3) is 5.46. The molecule has 108 valence electrons. The molecule has 1 aromatic rings. The predicted molar refractivity (Wildman–Crippen MR) is 90.8 cm³/mol. The molecular weight excluding hydrogens is 320 g/mol. The maximum atomic E-state index is 6.30. The number of rotatable bonds is 8. The number of benzene rings is 1. The van der Waals surface area contributed by atoms with Crippen molar-refractivity contribution in [2.45, 2.75) is 31.8 Å². The van der Waals surface area contributed by atoms with E-state index in [1.165, 1.54) is 17.7 Å². The summed E-state index contributed by atoms with van der Waals surface area (Å²) in [4.78, 5) is 2.44. The Labute approximate surface area is 130 Å². The molecule has 1 rings (SSSR count). The summed E-state index contributed by atoms with van der Waals surface area (Å²) in [5.41, 5.74) is 7.50. The minimum Gasteiger partial charge on any atom is -0.324 e. The second-order valence-electron chi connectivity index (χ2n) is 4.91. The van der Waals surface area contributed by atoms with Gasteiger partial charge in [0, 0.05) is 22.3 Å². The van der Waals surface area contributed by atoms with Crippen LogP contribution in [0.15, 0.2) is 28.7 Å². The highest BCUT2D eigenvalue weighted by atomic mass is 79.9. The molecule has 0 aliphatic rings. The van der Waals surface area contributed by atoms with Crippen LogP contribution in [0.5, 0.6) is 0 Å². The van der Waals surface area contributed by atoms with E-state index in [4.69, 9.17) is 5.73 Å². The molecule has 2 unspecified atom stereocenters. The van der Waals surface area contributed by atoms with Gasteiger partial charge in [0.1, 0.15) is 0 Å². The first-order valence-corrected chi connectivity index (χ1v) is 8.98. The molecule has 2 nitrogen and oxygen atoms in total. The zero-order valence-corrected chi connectivity index (χ0v) is 14.5. The van der Waals surface area contributed by atoms with Gasteiger partial charge in [0.15, 0.2) is 0 Å². The molecule has 0 amide bonds. The molecule has 0 aromatic heterocycles. The molecule has 0 bridgehead atoms. The minimum atomic E-state index is 0.102. The fraction of sp³-hybridized carbons (Fsp3) is 0.600. The van der Waals surface area contributed by atoms with Crippen molar-refractivity contribution in [2.75, 3.05) is 25.6 Å². The Hall–Kier alpha value is -0.0300. The molecule has 0 saturated carbocycles. The molecule has 2 atom stereocenters. The molecule has 19 heavy (non-hydrogen) atoms. The average Bonchev–Trinajstić information content (AvgIpc) is 2.42. The van der Waals surface area contributed by atoms with Gasteiger partial charge in [0.25, 0.3) is 0 Å². The number of thioether (sulfide) groups is 1. The summed E-state index contributed by atoms with van der Waals surface area (Å²) in [5.74, 6) is 1.19. The van der Waals surface area contributed by atoms with Gasteiger partial charge in [-0.25, -0.2) is 0 Å². The molecule has 0 aliphatic carbocycles. The topological polar surface area (TPSA) is 29.3 Å². The second-order valence-corrected chi connectivity index (χ2v) is 6.68. The highest BCUT2D eigenvalue weighted by Crippen LogP contribution is 2.24. The summed E-state index contributed by atoms with van der Waals surface area (Å²) in [6.07, 6.45) is 4.36. The Morgan fingerprint density at radius 2 is 2.05 bits per heavy atom. The van der Waals surface area contributed by atoms with Crippen LogP contribution in [0, 0.1) is 0 Å². The standard InChI is InChI=1S/C15H25BrN2S/c1-4-12(11-19-3)18(2)10-9-15(17)13-7-5-6-8-14(13)16/h5-8,12,15H,4,9-11,17H2,1-3H3. The summed E-state index contributed by atoms with van der Waals surface area (Å²) in [6.45, 7) is 3.30. The van der Waals surface area contributed by atoms with Crippen LogP contribution in [0.1, 0.15) is 31.4 Å². The quantitative estimate of drug-likeness (QED) is 0.775. The molecule has 0 fully saturated rings. The molecule has 0 spiro atoms. The van der Waals surface area contributed by atoms with Crippen LogP contribution in [0.3, 0.4) is 0 Å². The van der Waals surface area contributed by atoms with Crippen molar-refractivity contribution in [3.63, 3.8) is 0 Å². The first-order valence-electron chi connectivity index (χ1n) is 6.79. The summed E-state index contributed by atoms with van der Waals surface area (Å²) in [7, 11) is 2.21. The lowest BCUT2D eigenvalue weighted by Crippen LogP contribution is -2.35. The third-order valence-electron chi connectivity index (χ3n) is 3.55. The largest absolute Gasteiger partial charge is 0.324 e. The second kappa shape index (κ2) is 9.01. The van der Waals surface area contributed by atoms with Crippen LogP contribution in [0.4, 0.5) is 0 Å². The molecule has 0 aliphatic heterocycles. The maximum absolute atomic E-state index is 6.30. The fourth-order valence-corrected chi connectivity index (χ4v) is 3.66. The molecule has 0 radical (unpaired) electrons. The van der Waals surface area contributed by atoms with Crippen molar-refractivity contribution in [1.29, 1.82) is 0 Å². The zero-order valence-electron chi connectivity index (χ0n) is 12.1. The molecule has 1 aromatic carbocycles. The van der Waals surface area contributed by atoms with Crippen LogP contribution < -0.4 is 5.73 Å². The van der Waals surface area contributed by atoms with E-state index in [1.54, 1.807) is 0 Å². The van der Waals surface area contributed by atoms with Crippen molar-refractivity contribution in [2.24, 2.45) is 5.73 Å². The lowest BCUT2D eigenvalue weighted by Gasteiger charge is -2.27. The van der Waals surface area contributed by atoms with E-state index >= 15 is 0 Å². The minimum absolute atomic E-state index is 0.102. The molecule has 0 heterocycles. The number of hydrogen-bond donors (Lipinski definition) is 1. The van der Waals surface area contributed by atoms with Gasteiger partial charge in [-0.2, -0.15) is 11.8 Å². The van der Waals surface area contributed by atoms with E-state index in [9.17, 15) is 0 Å². The SMILES string of the molecule is CCC(CSC)N(C)CCC(N)c1ccccc1Br. The number of halogens is 1. The summed E-state index contributed by atoms with van der Waals surface area (Å²) >= 11 is 5.49. The van der Waals surface area contributed by atoms with Gasteiger partial charge in [-0.3, -0.25) is 0 Å². The summed E-state index contributed by atoms with van der Waals surface area (Å²) in [6, 6.07) is 8.99. The lowest BCUT2D eigenvalue weighted by molar-refractivity contribution is 0.246. The zero-order chi connectivity index (χ0) is 14.3. The number of nitrogens with two attached hydrogens (primary N) is 1. The van der Waals surface area contributed by atoms with Crippen LogP contribution in [-0.4, -0.2) is 36.5 Å². The van der Waals surface area contributed by atoms with Gasteiger partial charge in [0.05, 0.1) is 0 Å². The highest BCUT2D eigenvalue weighted by Gasteiger charge is 2.15. The van der Waals surface area contributed by atoms with E-state index < -0.39 is 0 Å². The number of nitrogens with zero attached hydrogens (tertiary/aromatic N) is 1. The van der Waals surface area contributed by atoms with Crippen molar-refractivity contribution >= 4 is 27.7 Å². The van der Waals surface area contributed by atoms with Crippen molar-refractivity contribution in [3.05, 3.63) is 34.3 Å². The normalized spacial score (nSPS) is 14.6. The van der Waals surface area contributed by atoms with Gasteiger partial charge in [-0.1, -0.05) is 41.1 Å². The van der Waals surface area contributed by atoms with Crippen molar-refractivity contribution in [3.8, 4) is 0 Å². The third-order valence-corrected chi connectivity index (χ3v) is 4.99. The fourth-order valence-electron chi connectivity index (χ4n) is 2.21. The predicted octanol–water partition coefficient (Wildman–Crippen LogP) is 3.91. The van der Waals surface area contributed by atoms with E-state index in [2.05, 4.69) is 53.2 Å². The Bertz CT molecular complexity index is 373. The van der Waals surface area contributed by atoms with Crippen molar-refractivity contribution in [1.82, 2.24) is 4.90 Å². The molecule has 0 saturated heterocycles. The first-order chi connectivity index (χ1) is 9.10. The first kappa shape index (κ1) is 17.0. The highest BCUT2D eigenvalue weighted by molar-refractivity contribution is 9.10. The Kier molecular flexibility index (Phi) is 8.07. The molecule has 4 heteroatoms. The Morgan fingerprint density at radius 1 is 1.37 bits per heavy atom. The van der Waals surface area contributed by atoms with Crippen molar-refractivity contribution < 1.29 is 0 Å². The van der Waals surface area contributed by atoms with Gasteiger partial charge < -0.3 is 10.6 Å². The van der Waals surface area contributed by atoms with Crippen LogP contribution in [0.25, 0.3) is 0 Å². The summed E-state index contributed by atoms with van der Waals surface area (Å²) in [5, 5.41) is 0. The molecule has 2 N–H and O–H groups in total. The van der Waals surface area contributed by atoms with E-state index in [1.807, 2.05) is 23.9 Å². The van der Waals surface area contributed by atoms with Crippen LogP contribution in [0.2, 0.25) is 0 Å². The van der Waals surface area contributed by atoms with Gasteiger partial charge in [-0.15, -0.1) is 0 Å². The monoisotopic (exact) mass is 344 g/mol. The smallest absolute Gasteiger partial charge is 0.0318 e. The van der Waals surface area contributed by atoms with Crippen LogP contribution >= 0.6 is 27.7 Å². The van der Waals surface area contributed by atoms with Crippen LogP contribution in [-0.2, 0) is 0 Å². The van der Waals surface area contributed by atoms with E-state index in [-0.39, 0.29) is 6.04 Å². The maximum Gasteiger partial charge on any atom is 0.0318 e. The lowest BCUT2D eigenvalue weighted by atomic mass is 10.0. The van der Waals surface area contributed by atoms with E-state index in [0.717, 1.165) is 17.4 Å². The van der Waals surface area contributed by atoms with E-state index in [0.29, 0.717) is 6.04 Å². The molecular formula is C15H25BrN2S. The number of hydrogen-bond acceptors (Lipinski definition) is 3.